The first kappa shape index (κ1) is 18.9. The Bertz CT molecular complexity index is 903. The fourth-order valence-electron chi connectivity index (χ4n) is 3.61. The number of carbonyl (C=O) groups is 2. The highest BCUT2D eigenvalue weighted by Gasteiger charge is 2.29. The van der Waals surface area contributed by atoms with Crippen molar-refractivity contribution in [2.24, 2.45) is 0 Å². The second kappa shape index (κ2) is 7.52. The van der Waals surface area contributed by atoms with E-state index >= 15 is 0 Å². The molecule has 0 aliphatic carbocycles. The van der Waals surface area contributed by atoms with E-state index < -0.39 is 0 Å². The maximum absolute atomic E-state index is 12.8. The molecule has 2 atom stereocenters. The summed E-state index contributed by atoms with van der Waals surface area (Å²) in [6, 6.07) is 5.77. The molecule has 0 N–H and O–H groups in total. The summed E-state index contributed by atoms with van der Waals surface area (Å²) in [5, 5.41) is 2.49. The van der Waals surface area contributed by atoms with Crippen LogP contribution in [0.1, 0.15) is 34.9 Å². The van der Waals surface area contributed by atoms with Crippen LogP contribution in [0.4, 0.5) is 5.69 Å². The van der Waals surface area contributed by atoms with Gasteiger partial charge < -0.3 is 14.4 Å². The number of aryl methyl sites for hydroxylation is 1. The van der Waals surface area contributed by atoms with Crippen molar-refractivity contribution < 1.29 is 19.1 Å². The van der Waals surface area contributed by atoms with Crippen LogP contribution in [0.5, 0.6) is 5.75 Å². The summed E-state index contributed by atoms with van der Waals surface area (Å²) in [7, 11) is 0. The molecular formula is C20H23N3O4S. The fourth-order valence-corrected chi connectivity index (χ4v) is 4.36. The Kier molecular flexibility index (Phi) is 5.07. The molecule has 1 aromatic carbocycles. The fraction of sp³-hybridized carbons (Fsp3) is 0.450. The van der Waals surface area contributed by atoms with Gasteiger partial charge in [-0.1, -0.05) is 6.07 Å². The molecule has 148 valence electrons. The molecule has 2 aliphatic heterocycles. The standard InChI is InChI=1S/C20H23N3O4S/c1-12-4-5-17-16(6-12)23(19(24)10-26-17)9-18-21-15(11-28-18)20(25)22-7-13(2)27-14(3)8-22/h4-6,11,13-14H,7-10H2,1-3H3. The van der Waals surface area contributed by atoms with Gasteiger partial charge in [-0.25, -0.2) is 4.98 Å². The molecule has 2 aromatic rings. The number of amides is 2. The highest BCUT2D eigenvalue weighted by Crippen LogP contribution is 2.34. The van der Waals surface area contributed by atoms with Gasteiger partial charge in [0, 0.05) is 18.5 Å². The minimum atomic E-state index is -0.114. The smallest absolute Gasteiger partial charge is 0.273 e. The molecule has 7 nitrogen and oxygen atoms in total. The van der Waals surface area contributed by atoms with Gasteiger partial charge in [0.05, 0.1) is 24.4 Å². The third-order valence-corrected chi connectivity index (χ3v) is 5.66. The Morgan fingerprint density at radius 2 is 2.04 bits per heavy atom. The van der Waals surface area contributed by atoms with Crippen molar-refractivity contribution in [2.75, 3.05) is 24.6 Å². The number of fused-ring (bicyclic) bond motifs is 1. The van der Waals surface area contributed by atoms with Crippen molar-refractivity contribution in [1.29, 1.82) is 0 Å². The number of rotatable bonds is 3. The van der Waals surface area contributed by atoms with Crippen LogP contribution < -0.4 is 9.64 Å². The van der Waals surface area contributed by atoms with Crippen LogP contribution in [-0.4, -0.2) is 53.6 Å². The number of ether oxygens (including phenoxy) is 2. The minimum absolute atomic E-state index is 0.0107. The summed E-state index contributed by atoms with van der Waals surface area (Å²) < 4.78 is 11.2. The first-order valence-corrected chi connectivity index (χ1v) is 10.2. The second-order valence-electron chi connectivity index (χ2n) is 7.33. The predicted octanol–water partition coefficient (Wildman–Crippen LogP) is 2.63. The van der Waals surface area contributed by atoms with E-state index in [-0.39, 0.29) is 30.6 Å². The average Bonchev–Trinajstić information content (AvgIpc) is 3.11. The van der Waals surface area contributed by atoms with Crippen LogP contribution in [0.3, 0.4) is 0 Å². The third kappa shape index (κ3) is 3.74. The summed E-state index contributed by atoms with van der Waals surface area (Å²) in [5.74, 6) is 0.486. The van der Waals surface area contributed by atoms with Crippen molar-refractivity contribution >= 4 is 28.8 Å². The molecule has 1 aromatic heterocycles. The van der Waals surface area contributed by atoms with Crippen molar-refractivity contribution in [3.8, 4) is 5.75 Å². The van der Waals surface area contributed by atoms with Crippen LogP contribution in [-0.2, 0) is 16.1 Å². The highest BCUT2D eigenvalue weighted by molar-refractivity contribution is 7.09. The van der Waals surface area contributed by atoms with Gasteiger partial charge in [-0.05, 0) is 38.5 Å². The van der Waals surface area contributed by atoms with Crippen LogP contribution in [0, 0.1) is 6.92 Å². The quantitative estimate of drug-likeness (QED) is 0.791. The molecular weight excluding hydrogens is 378 g/mol. The summed E-state index contributed by atoms with van der Waals surface area (Å²) in [4.78, 5) is 33.2. The van der Waals surface area contributed by atoms with E-state index in [4.69, 9.17) is 9.47 Å². The maximum atomic E-state index is 12.8. The molecule has 2 amide bonds. The number of anilines is 1. The lowest BCUT2D eigenvalue weighted by molar-refractivity contribution is -0.121. The molecule has 2 aliphatic rings. The highest BCUT2D eigenvalue weighted by atomic mass is 32.1. The first-order valence-electron chi connectivity index (χ1n) is 9.33. The van der Waals surface area contributed by atoms with E-state index in [1.807, 2.05) is 39.0 Å². The SMILES string of the molecule is Cc1ccc2c(c1)N(Cc1nc(C(=O)N3CC(C)OC(C)C3)cs1)C(=O)CO2. The van der Waals surface area contributed by atoms with E-state index in [2.05, 4.69) is 4.98 Å². The topological polar surface area (TPSA) is 72.0 Å². The molecule has 2 unspecified atom stereocenters. The largest absolute Gasteiger partial charge is 0.482 e. The van der Waals surface area contributed by atoms with Gasteiger partial charge in [-0.15, -0.1) is 11.3 Å². The van der Waals surface area contributed by atoms with Crippen LogP contribution >= 0.6 is 11.3 Å². The summed E-state index contributed by atoms with van der Waals surface area (Å²) in [5.41, 5.74) is 2.22. The van der Waals surface area contributed by atoms with Crippen molar-refractivity contribution in [1.82, 2.24) is 9.88 Å². The molecule has 1 saturated heterocycles. The molecule has 0 radical (unpaired) electrons. The lowest BCUT2D eigenvalue weighted by Crippen LogP contribution is -2.48. The Labute approximate surface area is 167 Å². The first-order chi connectivity index (χ1) is 13.4. The Morgan fingerprint density at radius 1 is 1.29 bits per heavy atom. The van der Waals surface area contributed by atoms with E-state index in [0.717, 1.165) is 16.3 Å². The normalized spacial score (nSPS) is 22.0. The Hall–Kier alpha value is -2.45. The molecule has 8 heteroatoms. The van der Waals surface area contributed by atoms with Crippen molar-refractivity contribution in [2.45, 2.75) is 39.5 Å². The maximum Gasteiger partial charge on any atom is 0.273 e. The predicted molar refractivity (Wildman–Crippen MR) is 106 cm³/mol. The molecule has 0 bridgehead atoms. The second-order valence-corrected chi connectivity index (χ2v) is 8.28. The van der Waals surface area contributed by atoms with Gasteiger partial charge in [-0.3, -0.25) is 14.5 Å². The number of thiazole rings is 1. The van der Waals surface area contributed by atoms with Crippen molar-refractivity contribution in [3.05, 3.63) is 39.8 Å². The van der Waals surface area contributed by atoms with E-state index in [1.165, 1.54) is 11.3 Å². The zero-order chi connectivity index (χ0) is 19.8. The molecule has 1 fully saturated rings. The van der Waals surface area contributed by atoms with Gasteiger partial charge >= 0.3 is 0 Å². The lowest BCUT2D eigenvalue weighted by atomic mass is 10.1. The molecule has 0 saturated carbocycles. The van der Waals surface area contributed by atoms with Gasteiger partial charge in [0.25, 0.3) is 11.8 Å². The van der Waals surface area contributed by atoms with E-state index in [9.17, 15) is 9.59 Å². The van der Waals surface area contributed by atoms with Gasteiger partial charge in [0.2, 0.25) is 0 Å². The average molecular weight is 401 g/mol. The number of morpholine rings is 1. The van der Waals surface area contributed by atoms with E-state index in [0.29, 0.717) is 31.1 Å². The van der Waals surface area contributed by atoms with Crippen molar-refractivity contribution in [3.63, 3.8) is 0 Å². The number of hydrogen-bond donors (Lipinski definition) is 0. The number of benzene rings is 1. The molecule has 3 heterocycles. The minimum Gasteiger partial charge on any atom is -0.482 e. The third-order valence-electron chi connectivity index (χ3n) is 4.83. The van der Waals surface area contributed by atoms with Crippen LogP contribution in [0.2, 0.25) is 0 Å². The number of hydrogen-bond acceptors (Lipinski definition) is 6. The van der Waals surface area contributed by atoms with E-state index in [1.54, 1.807) is 15.2 Å². The number of nitrogens with zero attached hydrogens (tertiary/aromatic N) is 3. The van der Waals surface area contributed by atoms with Crippen LogP contribution in [0.25, 0.3) is 0 Å². The van der Waals surface area contributed by atoms with Gasteiger partial charge in [-0.2, -0.15) is 0 Å². The molecule has 4 rings (SSSR count). The summed E-state index contributed by atoms with van der Waals surface area (Å²) in [6.07, 6.45) is 0.0213. The zero-order valence-corrected chi connectivity index (χ0v) is 17.0. The molecule has 28 heavy (non-hydrogen) atoms. The Morgan fingerprint density at radius 3 is 2.79 bits per heavy atom. The van der Waals surface area contributed by atoms with Gasteiger partial charge in [0.1, 0.15) is 16.5 Å². The zero-order valence-electron chi connectivity index (χ0n) is 16.2. The number of carbonyl (C=O) groups excluding carboxylic acids is 2. The lowest BCUT2D eigenvalue weighted by Gasteiger charge is -2.34. The summed E-state index contributed by atoms with van der Waals surface area (Å²) >= 11 is 1.39. The summed E-state index contributed by atoms with van der Waals surface area (Å²) in [6.45, 7) is 7.36. The monoisotopic (exact) mass is 401 g/mol. The van der Waals surface area contributed by atoms with Gasteiger partial charge in [0.15, 0.2) is 6.61 Å². The Balaban J connectivity index is 1.52. The molecule has 0 spiro atoms. The number of aromatic nitrogens is 1. The van der Waals surface area contributed by atoms with Crippen LogP contribution in [0.15, 0.2) is 23.6 Å².